The highest BCUT2D eigenvalue weighted by Gasteiger charge is 2.54. The van der Waals surface area contributed by atoms with Gasteiger partial charge in [0.2, 0.25) is 0 Å². The van der Waals surface area contributed by atoms with Crippen LogP contribution in [0.25, 0.3) is 0 Å². The van der Waals surface area contributed by atoms with Gasteiger partial charge in [-0.15, -0.1) is 0 Å². The summed E-state index contributed by atoms with van der Waals surface area (Å²) in [5.41, 5.74) is 3.38. The van der Waals surface area contributed by atoms with Crippen LogP contribution in [0.2, 0.25) is 0 Å². The summed E-state index contributed by atoms with van der Waals surface area (Å²) in [4.78, 5) is 25.5. The molecule has 1 aliphatic carbocycles. The van der Waals surface area contributed by atoms with E-state index in [1.165, 1.54) is 23.3 Å². The summed E-state index contributed by atoms with van der Waals surface area (Å²) in [6.45, 7) is 6.37. The normalized spacial score (nSPS) is 15.1. The Morgan fingerprint density at radius 2 is 1.50 bits per heavy atom. The summed E-state index contributed by atoms with van der Waals surface area (Å²) >= 11 is 0. The molecule has 0 spiro atoms. The van der Waals surface area contributed by atoms with Gasteiger partial charge in [-0.3, -0.25) is 9.59 Å². The largest absolute Gasteiger partial charge is 0.298 e. The fourth-order valence-corrected chi connectivity index (χ4v) is 3.65. The summed E-state index contributed by atoms with van der Waals surface area (Å²) in [5, 5.41) is 0. The zero-order valence-electron chi connectivity index (χ0n) is 15.6. The van der Waals surface area contributed by atoms with Gasteiger partial charge in [0.1, 0.15) is 5.82 Å². The number of carbonyl (C=O) groups excluding carboxylic acids is 2. The van der Waals surface area contributed by atoms with Crippen LogP contribution in [0.1, 0.15) is 54.9 Å². The summed E-state index contributed by atoms with van der Waals surface area (Å²) in [6, 6.07) is 12.1. The van der Waals surface area contributed by atoms with Crippen molar-refractivity contribution < 1.29 is 14.0 Å². The van der Waals surface area contributed by atoms with E-state index in [4.69, 9.17) is 0 Å². The highest BCUT2D eigenvalue weighted by molar-refractivity contribution is 6.10. The number of hydrogen-bond donors (Lipinski definition) is 0. The van der Waals surface area contributed by atoms with Crippen LogP contribution in [0, 0.1) is 18.2 Å². The molecule has 136 valence electrons. The van der Waals surface area contributed by atoms with Crippen molar-refractivity contribution >= 4 is 11.6 Å². The average molecular weight is 352 g/mol. The second kappa shape index (κ2) is 7.14. The van der Waals surface area contributed by atoms with Crippen molar-refractivity contribution in [2.75, 3.05) is 0 Å². The fraction of sp³-hybridized carbons (Fsp3) is 0.391. The highest BCUT2D eigenvalue weighted by atomic mass is 19.1. The zero-order valence-corrected chi connectivity index (χ0v) is 15.6. The zero-order chi connectivity index (χ0) is 18.9. The molecule has 0 bridgehead atoms. The number of ketones is 2. The minimum atomic E-state index is -0.820. The molecule has 2 nitrogen and oxygen atoms in total. The van der Waals surface area contributed by atoms with Crippen LogP contribution in [0.3, 0.4) is 0 Å². The second-order valence-corrected chi connectivity index (χ2v) is 7.75. The molecule has 0 radical (unpaired) electrons. The number of hydrogen-bond acceptors (Lipinski definition) is 2. The van der Waals surface area contributed by atoms with Crippen LogP contribution in [-0.2, 0) is 22.4 Å². The van der Waals surface area contributed by atoms with Crippen LogP contribution < -0.4 is 0 Å². The van der Waals surface area contributed by atoms with Gasteiger partial charge in [0.15, 0.2) is 11.6 Å². The first-order valence-electron chi connectivity index (χ1n) is 9.22. The smallest absolute Gasteiger partial charge is 0.150 e. The quantitative estimate of drug-likeness (QED) is 0.660. The lowest BCUT2D eigenvalue weighted by molar-refractivity contribution is -0.133. The minimum absolute atomic E-state index is 0.0151. The lowest BCUT2D eigenvalue weighted by Gasteiger charge is -2.15. The average Bonchev–Trinajstić information content (AvgIpc) is 3.38. The van der Waals surface area contributed by atoms with E-state index in [9.17, 15) is 14.0 Å². The molecule has 2 aromatic rings. The van der Waals surface area contributed by atoms with Crippen molar-refractivity contribution in [3.05, 3.63) is 70.5 Å². The Hall–Kier alpha value is -2.29. The molecule has 0 aromatic heterocycles. The number of aryl methyl sites for hydroxylation is 1. The van der Waals surface area contributed by atoms with E-state index in [2.05, 4.69) is 32.9 Å². The third kappa shape index (κ3) is 3.77. The maximum atomic E-state index is 13.0. The van der Waals surface area contributed by atoms with E-state index in [0.29, 0.717) is 25.2 Å². The molecule has 0 N–H and O–H groups in total. The monoisotopic (exact) mass is 352 g/mol. The molecular weight excluding hydrogens is 327 g/mol. The third-order valence-corrected chi connectivity index (χ3v) is 5.42. The van der Waals surface area contributed by atoms with Crippen LogP contribution in [0.5, 0.6) is 0 Å². The third-order valence-electron chi connectivity index (χ3n) is 5.42. The Labute approximate surface area is 154 Å². The summed E-state index contributed by atoms with van der Waals surface area (Å²) in [6.07, 6.45) is 1.76. The van der Waals surface area contributed by atoms with E-state index in [-0.39, 0.29) is 23.8 Å². The number of benzene rings is 2. The van der Waals surface area contributed by atoms with Crippen molar-refractivity contribution in [3.8, 4) is 0 Å². The van der Waals surface area contributed by atoms with E-state index in [0.717, 1.165) is 11.1 Å². The summed E-state index contributed by atoms with van der Waals surface area (Å²) < 4.78 is 13.0. The fourth-order valence-electron chi connectivity index (χ4n) is 3.65. The van der Waals surface area contributed by atoms with Gasteiger partial charge >= 0.3 is 0 Å². The number of carbonyl (C=O) groups is 2. The van der Waals surface area contributed by atoms with Gasteiger partial charge in [-0.05, 0) is 60.1 Å². The predicted octanol–water partition coefficient (Wildman–Crippen LogP) is 4.96. The molecule has 0 amide bonds. The Balaban J connectivity index is 1.69. The number of rotatable bonds is 7. The van der Waals surface area contributed by atoms with Gasteiger partial charge in [-0.1, -0.05) is 44.2 Å². The standard InChI is InChI=1S/C23H25FO2/c1-15(2)20-9-6-18(12-16(20)3)14-22(26)23(10-11-23)21(25)13-17-4-7-19(24)8-5-17/h4-9,12,15H,10-11,13-14H2,1-3H3. The van der Waals surface area contributed by atoms with E-state index >= 15 is 0 Å². The minimum Gasteiger partial charge on any atom is -0.298 e. The van der Waals surface area contributed by atoms with Crippen LogP contribution in [-0.4, -0.2) is 11.6 Å². The van der Waals surface area contributed by atoms with Gasteiger partial charge in [-0.2, -0.15) is 0 Å². The molecule has 0 atom stereocenters. The van der Waals surface area contributed by atoms with E-state index in [1.54, 1.807) is 12.1 Å². The predicted molar refractivity (Wildman–Crippen MR) is 101 cm³/mol. The van der Waals surface area contributed by atoms with Gasteiger partial charge in [0, 0.05) is 12.8 Å². The molecule has 0 heterocycles. The summed E-state index contributed by atoms with van der Waals surface area (Å²) in [5.74, 6) is 0.108. The molecule has 3 heteroatoms. The highest BCUT2D eigenvalue weighted by Crippen LogP contribution is 2.48. The summed E-state index contributed by atoms with van der Waals surface area (Å²) in [7, 11) is 0. The molecular formula is C23H25FO2. The maximum absolute atomic E-state index is 13.0. The Morgan fingerprint density at radius 1 is 0.962 bits per heavy atom. The molecule has 0 saturated heterocycles. The topological polar surface area (TPSA) is 34.1 Å². The molecule has 1 saturated carbocycles. The van der Waals surface area contributed by atoms with Gasteiger partial charge in [0.05, 0.1) is 5.41 Å². The van der Waals surface area contributed by atoms with Crippen molar-refractivity contribution in [1.29, 1.82) is 0 Å². The molecule has 2 aromatic carbocycles. The van der Waals surface area contributed by atoms with Crippen LogP contribution >= 0.6 is 0 Å². The maximum Gasteiger partial charge on any atom is 0.150 e. The molecule has 1 fully saturated rings. The molecule has 26 heavy (non-hydrogen) atoms. The molecule has 0 unspecified atom stereocenters. The van der Waals surface area contributed by atoms with E-state index < -0.39 is 5.41 Å². The van der Waals surface area contributed by atoms with Gasteiger partial charge in [0.25, 0.3) is 0 Å². The van der Waals surface area contributed by atoms with Gasteiger partial charge < -0.3 is 0 Å². The van der Waals surface area contributed by atoms with Crippen molar-refractivity contribution in [2.45, 2.75) is 52.4 Å². The Kier molecular flexibility index (Phi) is 5.08. The van der Waals surface area contributed by atoms with Crippen LogP contribution in [0.4, 0.5) is 4.39 Å². The lowest BCUT2D eigenvalue weighted by Crippen LogP contribution is -2.29. The van der Waals surface area contributed by atoms with Gasteiger partial charge in [-0.25, -0.2) is 4.39 Å². The molecule has 0 aliphatic heterocycles. The molecule has 1 aliphatic rings. The van der Waals surface area contributed by atoms with Crippen molar-refractivity contribution in [2.24, 2.45) is 5.41 Å². The second-order valence-electron chi connectivity index (χ2n) is 7.75. The molecule has 3 rings (SSSR count). The van der Waals surface area contributed by atoms with E-state index in [1.807, 2.05) is 6.07 Å². The number of halogens is 1. The van der Waals surface area contributed by atoms with Crippen molar-refractivity contribution in [3.63, 3.8) is 0 Å². The first-order valence-corrected chi connectivity index (χ1v) is 9.22. The SMILES string of the molecule is Cc1cc(CC(=O)C2(C(=O)Cc3ccc(F)cc3)CC2)ccc1C(C)C. The lowest BCUT2D eigenvalue weighted by atomic mass is 9.87. The number of Topliss-reactive ketones (excluding diaryl/α,β-unsaturated/α-hetero) is 2. The van der Waals surface area contributed by atoms with Crippen LogP contribution in [0.15, 0.2) is 42.5 Å². The Morgan fingerprint density at radius 3 is 2.00 bits per heavy atom. The van der Waals surface area contributed by atoms with Crippen molar-refractivity contribution in [1.82, 2.24) is 0 Å². The Bertz CT molecular complexity index is 830. The first kappa shape index (κ1) is 18.5. The first-order chi connectivity index (χ1) is 12.3.